The number of hydrogen-bond donors (Lipinski definition) is 2. The molecule has 30 heavy (non-hydrogen) atoms. The zero-order valence-corrected chi connectivity index (χ0v) is 17.4. The van der Waals surface area contributed by atoms with Crippen LogP contribution in [0, 0.1) is 0 Å². The second-order valence-electron chi connectivity index (χ2n) is 7.12. The standard InChI is InChI=1S/C25H28N2O3/c1-29-21-12-8-19(9-13-21)25(18-6-4-3-5-7-18,24(28)23(27)16-17-26)20-10-14-22(30-2)15-11-20/h3-15,23H,16-17,26-27H2,1-2H3/t23-/m1/s1. The van der Waals surface area contributed by atoms with Crippen molar-refractivity contribution in [1.82, 2.24) is 0 Å². The second kappa shape index (κ2) is 9.57. The molecule has 0 saturated carbocycles. The maximum atomic E-state index is 14.0. The lowest BCUT2D eigenvalue weighted by Crippen LogP contribution is -2.48. The van der Waals surface area contributed by atoms with Crippen molar-refractivity contribution < 1.29 is 14.3 Å². The quantitative estimate of drug-likeness (QED) is 0.535. The Hall–Kier alpha value is -3.15. The summed E-state index contributed by atoms with van der Waals surface area (Å²) in [5.41, 5.74) is 13.5. The summed E-state index contributed by atoms with van der Waals surface area (Å²) < 4.78 is 10.7. The van der Waals surface area contributed by atoms with Crippen LogP contribution in [0.3, 0.4) is 0 Å². The van der Waals surface area contributed by atoms with Crippen molar-refractivity contribution in [3.63, 3.8) is 0 Å². The van der Waals surface area contributed by atoms with E-state index >= 15 is 0 Å². The molecule has 0 aliphatic rings. The summed E-state index contributed by atoms with van der Waals surface area (Å²) in [5.74, 6) is 1.33. The van der Waals surface area contributed by atoms with Gasteiger partial charge in [0, 0.05) is 0 Å². The van der Waals surface area contributed by atoms with Gasteiger partial charge in [-0.05, 0) is 53.9 Å². The summed E-state index contributed by atoms with van der Waals surface area (Å²) in [6, 6.07) is 24.1. The number of rotatable bonds is 9. The van der Waals surface area contributed by atoms with E-state index < -0.39 is 11.5 Å². The molecule has 0 aromatic heterocycles. The minimum absolute atomic E-state index is 0.102. The van der Waals surface area contributed by atoms with Gasteiger partial charge in [0.05, 0.1) is 20.3 Å². The summed E-state index contributed by atoms with van der Waals surface area (Å²) in [6.07, 6.45) is 0.403. The zero-order chi connectivity index (χ0) is 21.6. The first-order chi connectivity index (χ1) is 14.6. The van der Waals surface area contributed by atoms with E-state index in [1.54, 1.807) is 14.2 Å². The number of carbonyl (C=O) groups is 1. The van der Waals surface area contributed by atoms with Crippen LogP contribution in [-0.2, 0) is 10.2 Å². The van der Waals surface area contributed by atoms with E-state index in [4.69, 9.17) is 20.9 Å². The Morgan fingerprint density at radius 2 is 1.23 bits per heavy atom. The van der Waals surface area contributed by atoms with Crippen molar-refractivity contribution in [3.8, 4) is 11.5 Å². The van der Waals surface area contributed by atoms with Crippen molar-refractivity contribution in [2.45, 2.75) is 17.9 Å². The van der Waals surface area contributed by atoms with Crippen LogP contribution in [0.2, 0.25) is 0 Å². The molecule has 156 valence electrons. The Morgan fingerprint density at radius 3 is 1.63 bits per heavy atom. The molecular formula is C25H28N2O3. The van der Waals surface area contributed by atoms with Gasteiger partial charge in [0.2, 0.25) is 0 Å². The van der Waals surface area contributed by atoms with E-state index in [0.29, 0.717) is 24.5 Å². The highest BCUT2D eigenvalue weighted by Crippen LogP contribution is 2.42. The van der Waals surface area contributed by atoms with Crippen LogP contribution in [0.15, 0.2) is 78.9 Å². The van der Waals surface area contributed by atoms with Crippen molar-refractivity contribution >= 4 is 5.78 Å². The Labute approximate surface area is 177 Å². The number of hydrogen-bond acceptors (Lipinski definition) is 5. The molecular weight excluding hydrogens is 376 g/mol. The fourth-order valence-corrected chi connectivity index (χ4v) is 3.89. The van der Waals surface area contributed by atoms with Gasteiger partial charge in [0.25, 0.3) is 0 Å². The predicted octanol–water partition coefficient (Wildman–Crippen LogP) is 3.28. The number of Topliss-reactive ketones (excluding diaryl/α,β-unsaturated/α-hetero) is 1. The molecule has 0 aliphatic carbocycles. The highest BCUT2D eigenvalue weighted by Gasteiger charge is 2.45. The van der Waals surface area contributed by atoms with Crippen LogP contribution in [0.4, 0.5) is 0 Å². The molecule has 5 heteroatoms. The molecule has 0 saturated heterocycles. The highest BCUT2D eigenvalue weighted by atomic mass is 16.5. The fourth-order valence-electron chi connectivity index (χ4n) is 3.89. The van der Waals surface area contributed by atoms with Crippen LogP contribution in [0.1, 0.15) is 23.1 Å². The Kier molecular flexibility index (Phi) is 6.87. The summed E-state index contributed by atoms with van der Waals surface area (Å²) in [6.45, 7) is 0.336. The molecule has 0 unspecified atom stereocenters. The number of carbonyl (C=O) groups excluding carboxylic acids is 1. The third-order valence-electron chi connectivity index (χ3n) is 5.44. The van der Waals surface area contributed by atoms with Gasteiger partial charge in [0.1, 0.15) is 16.9 Å². The summed E-state index contributed by atoms with van der Waals surface area (Å²) in [5, 5.41) is 0. The maximum Gasteiger partial charge on any atom is 0.168 e. The third kappa shape index (κ3) is 3.95. The van der Waals surface area contributed by atoms with E-state index in [-0.39, 0.29) is 5.78 Å². The minimum Gasteiger partial charge on any atom is -0.497 e. The van der Waals surface area contributed by atoms with Crippen LogP contribution in [0.25, 0.3) is 0 Å². The van der Waals surface area contributed by atoms with Gasteiger partial charge in [-0.15, -0.1) is 0 Å². The van der Waals surface area contributed by atoms with Crippen LogP contribution < -0.4 is 20.9 Å². The monoisotopic (exact) mass is 404 g/mol. The smallest absolute Gasteiger partial charge is 0.168 e. The largest absolute Gasteiger partial charge is 0.497 e. The molecule has 1 atom stereocenters. The van der Waals surface area contributed by atoms with Gasteiger partial charge in [-0.1, -0.05) is 54.6 Å². The summed E-state index contributed by atoms with van der Waals surface area (Å²) in [7, 11) is 3.23. The van der Waals surface area contributed by atoms with Crippen molar-refractivity contribution in [1.29, 1.82) is 0 Å². The second-order valence-corrected chi connectivity index (χ2v) is 7.12. The van der Waals surface area contributed by atoms with Crippen molar-refractivity contribution in [3.05, 3.63) is 95.6 Å². The van der Waals surface area contributed by atoms with Crippen molar-refractivity contribution in [2.24, 2.45) is 11.5 Å². The average molecular weight is 405 g/mol. The van der Waals surface area contributed by atoms with Gasteiger partial charge in [-0.25, -0.2) is 0 Å². The molecule has 3 aromatic rings. The maximum absolute atomic E-state index is 14.0. The van der Waals surface area contributed by atoms with E-state index in [2.05, 4.69) is 0 Å². The van der Waals surface area contributed by atoms with E-state index in [9.17, 15) is 4.79 Å². The molecule has 0 fully saturated rings. The Bertz CT molecular complexity index is 906. The Balaban J connectivity index is 2.33. The molecule has 0 bridgehead atoms. The Morgan fingerprint density at radius 1 is 0.800 bits per heavy atom. The molecule has 0 aliphatic heterocycles. The van der Waals surface area contributed by atoms with Crippen molar-refractivity contribution in [2.75, 3.05) is 20.8 Å². The number of benzene rings is 3. The first-order valence-electron chi connectivity index (χ1n) is 9.92. The molecule has 4 N–H and O–H groups in total. The van der Waals surface area contributed by atoms with Gasteiger partial charge in [0.15, 0.2) is 5.78 Å². The van der Waals surface area contributed by atoms with Crippen LogP contribution in [-0.4, -0.2) is 32.6 Å². The van der Waals surface area contributed by atoms with E-state index in [1.165, 1.54) is 0 Å². The highest BCUT2D eigenvalue weighted by molar-refractivity contribution is 6.01. The molecule has 5 nitrogen and oxygen atoms in total. The minimum atomic E-state index is -1.09. The summed E-state index contributed by atoms with van der Waals surface area (Å²) in [4.78, 5) is 14.0. The lowest BCUT2D eigenvalue weighted by molar-refractivity contribution is -0.123. The molecule has 0 amide bonds. The van der Waals surface area contributed by atoms with Gasteiger partial charge in [-0.2, -0.15) is 0 Å². The summed E-state index contributed by atoms with van der Waals surface area (Å²) >= 11 is 0. The predicted molar refractivity (Wildman–Crippen MR) is 119 cm³/mol. The number of methoxy groups -OCH3 is 2. The number of ketones is 1. The van der Waals surface area contributed by atoms with Crippen LogP contribution in [0.5, 0.6) is 11.5 Å². The molecule has 0 heterocycles. The number of nitrogens with two attached hydrogens (primary N) is 2. The van der Waals surface area contributed by atoms with E-state index in [0.717, 1.165) is 16.7 Å². The third-order valence-corrected chi connectivity index (χ3v) is 5.44. The molecule has 0 radical (unpaired) electrons. The zero-order valence-electron chi connectivity index (χ0n) is 17.4. The first kappa shape index (κ1) is 21.6. The van der Waals surface area contributed by atoms with Gasteiger partial charge in [-0.3, -0.25) is 4.79 Å². The lowest BCUT2D eigenvalue weighted by atomic mass is 9.65. The van der Waals surface area contributed by atoms with E-state index in [1.807, 2.05) is 78.9 Å². The average Bonchev–Trinajstić information content (AvgIpc) is 2.81. The molecule has 0 spiro atoms. The fraction of sp³-hybridized carbons (Fsp3) is 0.240. The first-order valence-corrected chi connectivity index (χ1v) is 9.92. The lowest BCUT2D eigenvalue weighted by Gasteiger charge is -2.36. The van der Waals surface area contributed by atoms with Gasteiger partial charge >= 0.3 is 0 Å². The van der Waals surface area contributed by atoms with Gasteiger partial charge < -0.3 is 20.9 Å². The molecule has 3 rings (SSSR count). The number of ether oxygens (including phenoxy) is 2. The molecule has 3 aromatic carbocycles. The van der Waals surface area contributed by atoms with Crippen LogP contribution >= 0.6 is 0 Å². The normalized spacial score (nSPS) is 12.3. The topological polar surface area (TPSA) is 87.6 Å². The SMILES string of the molecule is COc1ccc(C(C(=O)[C@H](N)CCN)(c2ccccc2)c2ccc(OC)cc2)cc1.